The molecule has 6 nitrogen and oxygen atoms in total. The van der Waals surface area contributed by atoms with Crippen LogP contribution in [0.3, 0.4) is 0 Å². The Morgan fingerprint density at radius 2 is 1.83 bits per heavy atom. The molecule has 0 atom stereocenters. The number of esters is 1. The number of aromatic nitrogens is 2. The molecule has 0 spiro atoms. The molecule has 2 heterocycles. The molecule has 6 heteroatoms. The maximum absolute atomic E-state index is 12.8. The van der Waals surface area contributed by atoms with Crippen LogP contribution in [0.2, 0.25) is 0 Å². The largest absolute Gasteiger partial charge is 0.456 e. The van der Waals surface area contributed by atoms with Crippen LogP contribution >= 0.6 is 0 Å². The summed E-state index contributed by atoms with van der Waals surface area (Å²) in [7, 11) is 0. The van der Waals surface area contributed by atoms with Gasteiger partial charge >= 0.3 is 5.97 Å². The molecule has 1 aromatic carbocycles. The van der Waals surface area contributed by atoms with Gasteiger partial charge in [0.05, 0.1) is 11.8 Å². The number of carbonyl (C=O) groups is 1. The Morgan fingerprint density at radius 3 is 2.41 bits per heavy atom. The van der Waals surface area contributed by atoms with Gasteiger partial charge in [0, 0.05) is 37.2 Å². The van der Waals surface area contributed by atoms with Gasteiger partial charge < -0.3 is 15.0 Å². The van der Waals surface area contributed by atoms with E-state index >= 15 is 0 Å². The van der Waals surface area contributed by atoms with Crippen LogP contribution in [0.5, 0.6) is 0 Å². The molecule has 0 amide bonds. The monoisotopic (exact) mass is 396 g/mol. The minimum atomic E-state index is -0.512. The minimum Gasteiger partial charge on any atom is -0.456 e. The Hall–Kier alpha value is -2.63. The van der Waals surface area contributed by atoms with Gasteiger partial charge in [0.1, 0.15) is 11.4 Å². The molecule has 0 unspecified atom stereocenters. The number of carbonyl (C=O) groups excluding carboxylic acids is 1. The minimum absolute atomic E-state index is 0.256. The van der Waals surface area contributed by atoms with Crippen LogP contribution in [-0.4, -0.2) is 40.7 Å². The second-order valence-electron chi connectivity index (χ2n) is 8.86. The lowest BCUT2D eigenvalue weighted by atomic mass is 9.95. The first-order valence-corrected chi connectivity index (χ1v) is 10.3. The van der Waals surface area contributed by atoms with Crippen LogP contribution in [0.4, 0.5) is 11.5 Å². The lowest BCUT2D eigenvalue weighted by Gasteiger charge is -2.34. The van der Waals surface area contributed by atoms with E-state index in [-0.39, 0.29) is 5.97 Å². The fraction of sp³-hybridized carbons (Fsp3) is 0.522. The summed E-state index contributed by atoms with van der Waals surface area (Å²) >= 11 is 0. The van der Waals surface area contributed by atoms with Crippen molar-refractivity contribution in [1.29, 1.82) is 0 Å². The summed E-state index contributed by atoms with van der Waals surface area (Å²) in [5, 5.41) is 3.70. The van der Waals surface area contributed by atoms with Crippen molar-refractivity contribution >= 4 is 17.5 Å². The highest BCUT2D eigenvalue weighted by Crippen LogP contribution is 2.30. The number of hydrogen-bond donors (Lipinski definition) is 1. The van der Waals surface area contributed by atoms with Gasteiger partial charge in [0.2, 0.25) is 0 Å². The summed E-state index contributed by atoms with van der Waals surface area (Å²) in [6.07, 6.45) is 7.26. The van der Waals surface area contributed by atoms with Crippen LogP contribution in [0.25, 0.3) is 0 Å². The summed E-state index contributed by atoms with van der Waals surface area (Å²) in [6.45, 7) is 13.6. The molecular weight excluding hydrogens is 364 g/mol. The number of ether oxygens (including phenoxy) is 1. The van der Waals surface area contributed by atoms with Gasteiger partial charge in [-0.15, -0.1) is 0 Å². The zero-order chi connectivity index (χ0) is 21.2. The number of nitrogens with one attached hydrogen (secondary N) is 1. The van der Waals surface area contributed by atoms with Crippen molar-refractivity contribution in [2.75, 3.05) is 23.3 Å². The third-order valence-corrected chi connectivity index (χ3v) is 5.29. The summed E-state index contributed by atoms with van der Waals surface area (Å²) < 4.78 is 5.65. The second-order valence-corrected chi connectivity index (χ2v) is 8.86. The molecule has 2 aromatic rings. The molecule has 0 saturated carbocycles. The highest BCUT2D eigenvalue weighted by atomic mass is 16.6. The Labute approximate surface area is 173 Å². The molecule has 29 heavy (non-hydrogen) atoms. The predicted molar refractivity (Wildman–Crippen MR) is 117 cm³/mol. The van der Waals surface area contributed by atoms with Gasteiger partial charge in [-0.1, -0.05) is 6.07 Å². The van der Waals surface area contributed by atoms with E-state index in [9.17, 15) is 4.79 Å². The van der Waals surface area contributed by atoms with Crippen molar-refractivity contribution in [3.05, 3.63) is 46.9 Å². The molecule has 1 saturated heterocycles. The number of benzene rings is 1. The third-order valence-electron chi connectivity index (χ3n) is 5.29. The topological polar surface area (TPSA) is 67.3 Å². The van der Waals surface area contributed by atoms with Crippen molar-refractivity contribution in [2.24, 2.45) is 0 Å². The molecule has 1 aromatic heterocycles. The van der Waals surface area contributed by atoms with E-state index in [4.69, 9.17) is 4.74 Å². The van der Waals surface area contributed by atoms with Gasteiger partial charge in [-0.05, 0) is 71.1 Å². The van der Waals surface area contributed by atoms with E-state index in [1.807, 2.05) is 40.8 Å². The standard InChI is InChI=1S/C23H32N4O2/c1-15-13-16(2)21(17(3)20(15)22(28)29-23(4,5)6)26-18-7-11-27(12-8-18)19-14-24-9-10-25-19/h9-10,13-14,18,26H,7-8,11-12H2,1-6H3. The first-order valence-electron chi connectivity index (χ1n) is 10.3. The number of nitrogens with zero attached hydrogens (tertiary/aromatic N) is 3. The summed E-state index contributed by atoms with van der Waals surface area (Å²) in [6, 6.07) is 2.43. The van der Waals surface area contributed by atoms with Crippen LogP contribution in [0.15, 0.2) is 24.7 Å². The van der Waals surface area contributed by atoms with Gasteiger partial charge in [-0.25, -0.2) is 9.78 Å². The Morgan fingerprint density at radius 1 is 1.14 bits per heavy atom. The normalized spacial score (nSPS) is 15.3. The average Bonchev–Trinajstić information content (AvgIpc) is 2.65. The summed E-state index contributed by atoms with van der Waals surface area (Å²) in [4.78, 5) is 23.6. The fourth-order valence-electron chi connectivity index (χ4n) is 3.96. The van der Waals surface area contributed by atoms with Gasteiger partial charge in [-0.2, -0.15) is 0 Å². The third kappa shape index (κ3) is 5.05. The number of aryl methyl sites for hydroxylation is 2. The number of piperidine rings is 1. The lowest BCUT2D eigenvalue weighted by molar-refractivity contribution is 0.00680. The Kier molecular flexibility index (Phi) is 6.10. The highest BCUT2D eigenvalue weighted by molar-refractivity contribution is 5.95. The summed E-state index contributed by atoms with van der Waals surface area (Å²) in [5.41, 5.74) is 4.29. The van der Waals surface area contributed by atoms with E-state index < -0.39 is 5.60 Å². The summed E-state index contributed by atoms with van der Waals surface area (Å²) in [5.74, 6) is 0.675. The molecule has 1 aliphatic rings. The van der Waals surface area contributed by atoms with Crippen molar-refractivity contribution in [1.82, 2.24) is 9.97 Å². The van der Waals surface area contributed by atoms with Crippen molar-refractivity contribution in [3.63, 3.8) is 0 Å². The SMILES string of the molecule is Cc1cc(C)c(C(=O)OC(C)(C)C)c(C)c1NC1CCN(c2cnccn2)CC1. The van der Waals surface area contributed by atoms with Gasteiger partial charge in [-0.3, -0.25) is 4.98 Å². The van der Waals surface area contributed by atoms with E-state index in [0.717, 1.165) is 54.1 Å². The molecule has 0 bridgehead atoms. The molecule has 1 N–H and O–H groups in total. The Bertz CT molecular complexity index is 867. The van der Waals surface area contributed by atoms with Crippen molar-refractivity contribution < 1.29 is 9.53 Å². The lowest BCUT2D eigenvalue weighted by Crippen LogP contribution is -2.39. The number of hydrogen-bond acceptors (Lipinski definition) is 6. The zero-order valence-corrected chi connectivity index (χ0v) is 18.4. The predicted octanol–water partition coefficient (Wildman–Crippen LogP) is 4.44. The van der Waals surface area contributed by atoms with Gasteiger partial charge in [0.25, 0.3) is 0 Å². The van der Waals surface area contributed by atoms with E-state index in [0.29, 0.717) is 11.6 Å². The van der Waals surface area contributed by atoms with Crippen LogP contribution < -0.4 is 10.2 Å². The van der Waals surface area contributed by atoms with Crippen LogP contribution in [-0.2, 0) is 4.74 Å². The maximum atomic E-state index is 12.8. The van der Waals surface area contributed by atoms with E-state index in [2.05, 4.69) is 33.2 Å². The smallest absolute Gasteiger partial charge is 0.339 e. The molecule has 0 radical (unpaired) electrons. The second kappa shape index (κ2) is 8.39. The first kappa shape index (κ1) is 21.1. The molecule has 156 valence electrons. The van der Waals surface area contributed by atoms with Crippen molar-refractivity contribution in [3.8, 4) is 0 Å². The van der Waals surface area contributed by atoms with E-state index in [1.165, 1.54) is 0 Å². The molecular formula is C23H32N4O2. The molecule has 0 aliphatic carbocycles. The number of rotatable bonds is 4. The van der Waals surface area contributed by atoms with E-state index in [1.54, 1.807) is 12.4 Å². The zero-order valence-electron chi connectivity index (χ0n) is 18.4. The first-order chi connectivity index (χ1) is 13.7. The van der Waals surface area contributed by atoms with Gasteiger partial charge in [0.15, 0.2) is 0 Å². The number of anilines is 2. The van der Waals surface area contributed by atoms with Crippen LogP contribution in [0.1, 0.15) is 60.7 Å². The van der Waals surface area contributed by atoms with Crippen molar-refractivity contribution in [2.45, 2.75) is 66.0 Å². The Balaban J connectivity index is 1.74. The molecule has 3 rings (SSSR count). The quantitative estimate of drug-likeness (QED) is 0.771. The van der Waals surface area contributed by atoms with Crippen LogP contribution in [0, 0.1) is 20.8 Å². The average molecular weight is 397 g/mol. The highest BCUT2D eigenvalue weighted by Gasteiger charge is 2.25. The maximum Gasteiger partial charge on any atom is 0.339 e. The fourth-order valence-corrected chi connectivity index (χ4v) is 3.96. The molecule has 1 aliphatic heterocycles. The molecule has 1 fully saturated rings.